The summed E-state index contributed by atoms with van der Waals surface area (Å²) in [7, 11) is 0. The molecule has 0 heterocycles. The zero-order valence-electron chi connectivity index (χ0n) is 7.32. The third-order valence-electron chi connectivity index (χ3n) is 1.52. The lowest BCUT2D eigenvalue weighted by atomic mass is 10.1. The fraction of sp³-hybridized carbons (Fsp3) is 0.273. The van der Waals surface area contributed by atoms with Gasteiger partial charge in [0.1, 0.15) is 0 Å². The third-order valence-corrected chi connectivity index (χ3v) is 1.84. The van der Waals surface area contributed by atoms with E-state index in [2.05, 4.69) is 11.8 Å². The van der Waals surface area contributed by atoms with Crippen LogP contribution in [0.2, 0.25) is 5.02 Å². The van der Waals surface area contributed by atoms with Crippen LogP contribution in [0.1, 0.15) is 24.5 Å². The second kappa shape index (κ2) is 4.18. The predicted octanol–water partition coefficient (Wildman–Crippen LogP) is 3.41. The topological polar surface area (TPSA) is 0 Å². The molecule has 0 spiro atoms. The number of rotatable bonds is 0. The van der Waals surface area contributed by atoms with E-state index in [9.17, 15) is 0 Å². The number of benzene rings is 1. The van der Waals surface area contributed by atoms with Crippen molar-refractivity contribution in [3.8, 4) is 11.8 Å². The van der Waals surface area contributed by atoms with Gasteiger partial charge in [0.2, 0.25) is 0 Å². The van der Waals surface area contributed by atoms with E-state index in [0.29, 0.717) is 0 Å². The van der Waals surface area contributed by atoms with Crippen LogP contribution in [0.15, 0.2) is 18.2 Å². The van der Waals surface area contributed by atoms with Crippen LogP contribution in [0.4, 0.5) is 0 Å². The molecule has 0 N–H and O–H groups in total. The van der Waals surface area contributed by atoms with Crippen LogP contribution >= 0.6 is 11.6 Å². The molecule has 1 heteroatoms. The first kappa shape index (κ1) is 9.16. The van der Waals surface area contributed by atoms with Crippen LogP contribution in [0.5, 0.6) is 0 Å². The SMILES string of the molecule is CCC#Cc1ccc(C)cc1Cl. The Balaban J connectivity index is 3.01. The van der Waals surface area contributed by atoms with E-state index in [4.69, 9.17) is 11.6 Å². The van der Waals surface area contributed by atoms with Crippen molar-refractivity contribution in [1.29, 1.82) is 0 Å². The summed E-state index contributed by atoms with van der Waals surface area (Å²) in [6.07, 6.45) is 0.865. The van der Waals surface area contributed by atoms with Crippen LogP contribution in [-0.4, -0.2) is 0 Å². The van der Waals surface area contributed by atoms with E-state index in [0.717, 1.165) is 17.0 Å². The lowest BCUT2D eigenvalue weighted by Gasteiger charge is -1.96. The molecule has 0 saturated heterocycles. The molecule has 0 aromatic heterocycles. The van der Waals surface area contributed by atoms with Crippen molar-refractivity contribution >= 4 is 11.6 Å². The van der Waals surface area contributed by atoms with Gasteiger partial charge in [0.25, 0.3) is 0 Å². The van der Waals surface area contributed by atoms with Crippen molar-refractivity contribution in [2.45, 2.75) is 20.3 Å². The van der Waals surface area contributed by atoms with Crippen molar-refractivity contribution in [3.05, 3.63) is 34.3 Å². The molecule has 0 fully saturated rings. The monoisotopic (exact) mass is 178 g/mol. The summed E-state index contributed by atoms with van der Waals surface area (Å²) in [5.41, 5.74) is 2.09. The first-order chi connectivity index (χ1) is 5.74. The molecule has 62 valence electrons. The molecule has 0 aliphatic heterocycles. The van der Waals surface area contributed by atoms with Crippen molar-refractivity contribution < 1.29 is 0 Å². The molecule has 12 heavy (non-hydrogen) atoms. The summed E-state index contributed by atoms with van der Waals surface area (Å²) in [5, 5.41) is 0.746. The molecule has 0 atom stereocenters. The summed E-state index contributed by atoms with van der Waals surface area (Å²) in [4.78, 5) is 0. The first-order valence-corrected chi connectivity index (χ1v) is 4.37. The maximum Gasteiger partial charge on any atom is 0.0565 e. The summed E-state index contributed by atoms with van der Waals surface area (Å²) in [6.45, 7) is 4.04. The van der Waals surface area contributed by atoms with E-state index in [1.165, 1.54) is 5.56 Å². The Labute approximate surface area is 78.6 Å². The van der Waals surface area contributed by atoms with Crippen LogP contribution in [0.3, 0.4) is 0 Å². The number of hydrogen-bond acceptors (Lipinski definition) is 0. The summed E-state index contributed by atoms with van der Waals surface area (Å²) in [5.74, 6) is 6.00. The van der Waals surface area contributed by atoms with E-state index in [1.54, 1.807) is 0 Å². The lowest BCUT2D eigenvalue weighted by molar-refractivity contribution is 1.28. The van der Waals surface area contributed by atoms with Gasteiger partial charge in [0.05, 0.1) is 5.02 Å². The molecule has 0 unspecified atom stereocenters. The maximum absolute atomic E-state index is 5.96. The van der Waals surface area contributed by atoms with E-state index in [1.807, 2.05) is 32.0 Å². The molecular formula is C11H11Cl. The molecule has 0 saturated carbocycles. The Morgan fingerprint density at radius 2 is 2.17 bits per heavy atom. The van der Waals surface area contributed by atoms with Gasteiger partial charge in [-0.2, -0.15) is 0 Å². The molecular weight excluding hydrogens is 168 g/mol. The van der Waals surface area contributed by atoms with Crippen molar-refractivity contribution in [2.75, 3.05) is 0 Å². The minimum absolute atomic E-state index is 0.746. The van der Waals surface area contributed by atoms with Crippen LogP contribution in [0, 0.1) is 18.8 Å². The molecule has 0 nitrogen and oxygen atoms in total. The van der Waals surface area contributed by atoms with Crippen LogP contribution in [0.25, 0.3) is 0 Å². The van der Waals surface area contributed by atoms with Gasteiger partial charge in [0, 0.05) is 12.0 Å². The second-order valence-electron chi connectivity index (χ2n) is 2.64. The largest absolute Gasteiger partial charge is 0.0981 e. The Kier molecular flexibility index (Phi) is 3.19. The van der Waals surface area contributed by atoms with Gasteiger partial charge in [-0.3, -0.25) is 0 Å². The van der Waals surface area contributed by atoms with E-state index >= 15 is 0 Å². The molecule has 1 aromatic rings. The van der Waals surface area contributed by atoms with Gasteiger partial charge in [-0.25, -0.2) is 0 Å². The third kappa shape index (κ3) is 2.29. The Morgan fingerprint density at radius 1 is 1.42 bits per heavy atom. The van der Waals surface area contributed by atoms with Gasteiger partial charge in [-0.05, 0) is 24.6 Å². The Bertz CT molecular complexity index is 329. The van der Waals surface area contributed by atoms with Crippen molar-refractivity contribution in [1.82, 2.24) is 0 Å². The molecule has 0 aliphatic carbocycles. The van der Waals surface area contributed by atoms with Gasteiger partial charge in [-0.15, -0.1) is 0 Å². The molecule has 0 aliphatic rings. The van der Waals surface area contributed by atoms with Crippen LogP contribution < -0.4 is 0 Å². The van der Waals surface area contributed by atoms with E-state index in [-0.39, 0.29) is 0 Å². The summed E-state index contributed by atoms with van der Waals surface area (Å²) < 4.78 is 0. The summed E-state index contributed by atoms with van der Waals surface area (Å²) >= 11 is 5.96. The summed E-state index contributed by atoms with van der Waals surface area (Å²) in [6, 6.07) is 5.91. The number of aryl methyl sites for hydroxylation is 1. The Hall–Kier alpha value is -0.930. The second-order valence-corrected chi connectivity index (χ2v) is 3.05. The molecule has 1 rings (SSSR count). The fourth-order valence-corrected chi connectivity index (χ4v) is 1.19. The molecule has 0 amide bonds. The highest BCUT2D eigenvalue weighted by molar-refractivity contribution is 6.31. The van der Waals surface area contributed by atoms with E-state index < -0.39 is 0 Å². The van der Waals surface area contributed by atoms with Crippen molar-refractivity contribution in [2.24, 2.45) is 0 Å². The lowest BCUT2D eigenvalue weighted by Crippen LogP contribution is -1.78. The highest BCUT2D eigenvalue weighted by atomic mass is 35.5. The smallest absolute Gasteiger partial charge is 0.0565 e. The first-order valence-electron chi connectivity index (χ1n) is 3.99. The molecule has 1 aromatic carbocycles. The highest BCUT2D eigenvalue weighted by Crippen LogP contribution is 2.16. The zero-order valence-corrected chi connectivity index (χ0v) is 8.07. The average Bonchev–Trinajstić information content (AvgIpc) is 2.03. The van der Waals surface area contributed by atoms with Crippen LogP contribution in [-0.2, 0) is 0 Å². The maximum atomic E-state index is 5.96. The predicted molar refractivity (Wildman–Crippen MR) is 53.4 cm³/mol. The van der Waals surface area contributed by atoms with Gasteiger partial charge in [-0.1, -0.05) is 36.4 Å². The fourth-order valence-electron chi connectivity index (χ4n) is 0.905. The van der Waals surface area contributed by atoms with Crippen molar-refractivity contribution in [3.63, 3.8) is 0 Å². The van der Waals surface area contributed by atoms with Gasteiger partial charge in [0.15, 0.2) is 0 Å². The molecule has 0 radical (unpaired) electrons. The normalized spacial score (nSPS) is 8.92. The number of halogens is 1. The van der Waals surface area contributed by atoms with Gasteiger partial charge < -0.3 is 0 Å². The average molecular weight is 179 g/mol. The highest BCUT2D eigenvalue weighted by Gasteiger charge is 1.94. The standard InChI is InChI=1S/C11H11Cl/c1-3-4-5-10-7-6-9(2)8-11(10)12/h6-8H,3H2,1-2H3. The number of hydrogen-bond donors (Lipinski definition) is 0. The minimum Gasteiger partial charge on any atom is -0.0981 e. The molecule has 0 bridgehead atoms. The minimum atomic E-state index is 0.746. The Morgan fingerprint density at radius 3 is 2.75 bits per heavy atom. The quantitative estimate of drug-likeness (QED) is 0.534. The zero-order chi connectivity index (χ0) is 8.97. The van der Waals surface area contributed by atoms with Gasteiger partial charge >= 0.3 is 0 Å².